The van der Waals surface area contributed by atoms with Crippen LogP contribution >= 0.6 is 15.9 Å². The Balaban J connectivity index is 2.07. The fraction of sp³-hybridized carbons (Fsp3) is 0.880. The summed E-state index contributed by atoms with van der Waals surface area (Å²) in [6.07, 6.45) is 0.612. The lowest BCUT2D eigenvalue weighted by Gasteiger charge is -2.41. The van der Waals surface area contributed by atoms with Gasteiger partial charge in [0.25, 0.3) is 0 Å². The number of likely N-dealkylation sites (tertiary alicyclic amines) is 1. The predicted octanol–water partition coefficient (Wildman–Crippen LogP) is 2.65. The minimum atomic E-state index is -1.16. The Labute approximate surface area is 211 Å². The monoisotopic (exact) mass is 544 g/mol. The number of alkyl halides is 1. The van der Waals surface area contributed by atoms with Crippen LogP contribution in [0.1, 0.15) is 68.2 Å². The third-order valence-corrected chi connectivity index (χ3v) is 8.13. The molecule has 3 unspecified atom stereocenters. The molecule has 8 nitrogen and oxygen atoms in total. The van der Waals surface area contributed by atoms with Crippen LogP contribution in [0.3, 0.4) is 0 Å². The Morgan fingerprint density at radius 1 is 1.29 bits per heavy atom. The second kappa shape index (κ2) is 9.36. The van der Waals surface area contributed by atoms with Crippen LogP contribution in [-0.2, 0) is 23.9 Å². The van der Waals surface area contributed by atoms with Crippen molar-refractivity contribution < 1.29 is 29.0 Å². The largest absolute Gasteiger partial charge is 0.466 e. The van der Waals surface area contributed by atoms with E-state index in [0.29, 0.717) is 6.42 Å². The fourth-order valence-corrected chi connectivity index (χ4v) is 7.57. The number of rotatable bonds is 8. The molecule has 0 aliphatic carbocycles. The fourth-order valence-electron chi connectivity index (χ4n) is 6.62. The van der Waals surface area contributed by atoms with E-state index >= 15 is 0 Å². The van der Waals surface area contributed by atoms with E-state index in [1.165, 1.54) is 4.90 Å². The number of nitrogens with one attached hydrogen (secondary N) is 1. The molecule has 0 saturated carbocycles. The van der Waals surface area contributed by atoms with Gasteiger partial charge in [-0.2, -0.15) is 0 Å². The third-order valence-electron chi connectivity index (χ3n) is 7.28. The number of carbonyl (C=O) groups is 3. The van der Waals surface area contributed by atoms with Crippen molar-refractivity contribution in [3.05, 3.63) is 0 Å². The normalized spacial score (nSPS) is 33.9. The highest BCUT2D eigenvalue weighted by molar-refractivity contribution is 9.09. The summed E-state index contributed by atoms with van der Waals surface area (Å²) >= 11 is 3.64. The van der Waals surface area contributed by atoms with Gasteiger partial charge in [0.05, 0.1) is 37.2 Å². The van der Waals surface area contributed by atoms with Crippen LogP contribution in [0.5, 0.6) is 0 Å². The zero-order valence-electron chi connectivity index (χ0n) is 21.7. The first kappa shape index (κ1) is 27.4. The van der Waals surface area contributed by atoms with Crippen molar-refractivity contribution in [2.75, 3.05) is 13.2 Å². The number of fused-ring (bicyclic) bond motifs is 1. The van der Waals surface area contributed by atoms with E-state index in [4.69, 9.17) is 9.47 Å². The molecule has 3 saturated heterocycles. The smallest absolute Gasteiger partial charge is 0.312 e. The maximum Gasteiger partial charge on any atom is 0.312 e. The Kier molecular flexibility index (Phi) is 7.54. The topological polar surface area (TPSA) is 105 Å². The van der Waals surface area contributed by atoms with E-state index in [9.17, 15) is 19.5 Å². The molecule has 3 fully saturated rings. The number of nitrogens with zero attached hydrogens (tertiary/aromatic N) is 1. The molecular weight excluding hydrogens is 504 g/mol. The lowest BCUT2D eigenvalue weighted by atomic mass is 9.70. The lowest BCUT2D eigenvalue weighted by molar-refractivity contribution is -0.155. The number of halogens is 1. The first-order valence-electron chi connectivity index (χ1n) is 12.3. The molecule has 2 amide bonds. The highest BCUT2D eigenvalue weighted by atomic mass is 79.9. The van der Waals surface area contributed by atoms with Crippen molar-refractivity contribution in [1.82, 2.24) is 10.2 Å². The van der Waals surface area contributed by atoms with Crippen LogP contribution in [0.25, 0.3) is 0 Å². The van der Waals surface area contributed by atoms with Crippen LogP contribution in [0.4, 0.5) is 0 Å². The maximum atomic E-state index is 14.0. The van der Waals surface area contributed by atoms with Crippen LogP contribution < -0.4 is 5.32 Å². The van der Waals surface area contributed by atoms with Gasteiger partial charge < -0.3 is 24.8 Å². The molecule has 2 bridgehead atoms. The molecule has 0 radical (unpaired) electrons. The molecule has 34 heavy (non-hydrogen) atoms. The van der Waals surface area contributed by atoms with E-state index in [0.717, 1.165) is 6.42 Å². The van der Waals surface area contributed by atoms with Gasteiger partial charge in [0.1, 0.15) is 11.6 Å². The summed E-state index contributed by atoms with van der Waals surface area (Å²) in [5.74, 6) is -2.81. The Morgan fingerprint density at radius 3 is 2.41 bits per heavy atom. The molecule has 2 N–H and O–H groups in total. The first-order valence-corrected chi connectivity index (χ1v) is 13.3. The Bertz CT molecular complexity index is 825. The van der Waals surface area contributed by atoms with Gasteiger partial charge in [-0.15, -0.1) is 0 Å². The number of hydrogen-bond acceptors (Lipinski definition) is 6. The summed E-state index contributed by atoms with van der Waals surface area (Å²) in [5, 5.41) is 13.4. The zero-order valence-corrected chi connectivity index (χ0v) is 23.3. The molecule has 9 heteroatoms. The summed E-state index contributed by atoms with van der Waals surface area (Å²) in [6, 6.07) is -1.53. The number of amides is 2. The van der Waals surface area contributed by atoms with Crippen LogP contribution in [-0.4, -0.2) is 75.2 Å². The molecule has 3 aliphatic heterocycles. The lowest BCUT2D eigenvalue weighted by Crippen LogP contribution is -2.62. The predicted molar refractivity (Wildman–Crippen MR) is 131 cm³/mol. The second-order valence-electron chi connectivity index (χ2n) is 12.3. The second-order valence-corrected chi connectivity index (χ2v) is 13.4. The van der Waals surface area contributed by atoms with Crippen LogP contribution in [0.15, 0.2) is 0 Å². The summed E-state index contributed by atoms with van der Waals surface area (Å²) < 4.78 is 11.8. The van der Waals surface area contributed by atoms with Gasteiger partial charge in [-0.05, 0) is 44.9 Å². The SMILES string of the molecule is CCOC(=O)[C@H]1[C@H]2C(=O)N([C@@H](CO)C(C)C)C(C(=O)NC(C)(C)CC(C)(C)C)C23CC(Br)[C@@H]1O3. The van der Waals surface area contributed by atoms with E-state index < -0.39 is 47.1 Å². The Hall–Kier alpha value is -1.19. The average Bonchev–Trinajstić information content (AvgIpc) is 3.24. The summed E-state index contributed by atoms with van der Waals surface area (Å²) in [7, 11) is 0. The third kappa shape index (κ3) is 4.64. The van der Waals surface area contributed by atoms with Crippen LogP contribution in [0.2, 0.25) is 0 Å². The van der Waals surface area contributed by atoms with E-state index in [-0.39, 0.29) is 41.2 Å². The van der Waals surface area contributed by atoms with Gasteiger partial charge in [0.2, 0.25) is 11.8 Å². The van der Waals surface area contributed by atoms with Crippen molar-refractivity contribution in [3.8, 4) is 0 Å². The minimum absolute atomic E-state index is 0.0212. The number of hydrogen-bond donors (Lipinski definition) is 2. The maximum absolute atomic E-state index is 14.0. The van der Waals surface area contributed by atoms with Crippen molar-refractivity contribution in [2.45, 2.75) is 102 Å². The van der Waals surface area contributed by atoms with Gasteiger partial charge in [-0.1, -0.05) is 50.5 Å². The van der Waals surface area contributed by atoms with Crippen LogP contribution in [0, 0.1) is 23.2 Å². The number of ether oxygens (including phenoxy) is 2. The number of aliphatic hydroxyl groups excluding tert-OH is 1. The number of esters is 1. The number of aliphatic hydroxyl groups is 1. The molecule has 0 aromatic heterocycles. The van der Waals surface area contributed by atoms with Gasteiger partial charge >= 0.3 is 5.97 Å². The minimum Gasteiger partial charge on any atom is -0.466 e. The summed E-state index contributed by atoms with van der Waals surface area (Å²) in [6.45, 7) is 15.7. The average molecular weight is 546 g/mol. The van der Waals surface area contributed by atoms with E-state index in [1.54, 1.807) is 6.92 Å². The zero-order chi connectivity index (χ0) is 25.8. The standard InChI is InChI=1S/C25H41BrN2O6/c1-9-33-22(32)16-17-21(31)28(15(11-29)13(2)3)19(25(17)10-14(26)18(16)34-25)20(30)27-24(7,8)12-23(4,5)6/h13-19,29H,9-12H2,1-8H3,(H,27,30)/t14?,15-,16-,17-,18-,19?,25?/m0/s1. The molecule has 0 aromatic rings. The molecule has 3 rings (SSSR count). The summed E-state index contributed by atoms with van der Waals surface area (Å²) in [4.78, 5) is 42.2. The highest BCUT2D eigenvalue weighted by Crippen LogP contribution is 2.60. The van der Waals surface area contributed by atoms with E-state index in [2.05, 4.69) is 42.0 Å². The van der Waals surface area contributed by atoms with Crippen molar-refractivity contribution in [2.24, 2.45) is 23.2 Å². The molecule has 3 heterocycles. The quantitative estimate of drug-likeness (QED) is 0.359. The summed E-state index contributed by atoms with van der Waals surface area (Å²) in [5.41, 5.74) is -1.71. The molecule has 0 aromatic carbocycles. The first-order chi connectivity index (χ1) is 15.6. The van der Waals surface area contributed by atoms with Crippen molar-refractivity contribution in [1.29, 1.82) is 0 Å². The van der Waals surface area contributed by atoms with Crippen molar-refractivity contribution >= 4 is 33.7 Å². The molecular formula is C25H41BrN2O6. The van der Waals surface area contributed by atoms with Gasteiger partial charge in [0, 0.05) is 10.4 Å². The highest BCUT2D eigenvalue weighted by Gasteiger charge is 2.77. The molecule has 194 valence electrons. The Morgan fingerprint density at radius 2 is 1.91 bits per heavy atom. The van der Waals surface area contributed by atoms with Gasteiger partial charge in [-0.3, -0.25) is 14.4 Å². The molecule has 7 atom stereocenters. The van der Waals surface area contributed by atoms with Gasteiger partial charge in [-0.25, -0.2) is 0 Å². The van der Waals surface area contributed by atoms with Gasteiger partial charge in [0.15, 0.2) is 0 Å². The molecule has 3 aliphatic rings. The molecule has 1 spiro atoms. The van der Waals surface area contributed by atoms with Crippen molar-refractivity contribution in [3.63, 3.8) is 0 Å². The van der Waals surface area contributed by atoms with E-state index in [1.807, 2.05) is 27.7 Å². The number of carbonyl (C=O) groups excluding carboxylic acids is 3.